The van der Waals surface area contributed by atoms with Gasteiger partial charge in [-0.3, -0.25) is 4.79 Å². The first-order valence-corrected chi connectivity index (χ1v) is 10.5. The topological polar surface area (TPSA) is 87.5 Å². The number of sulfone groups is 1. The molecule has 1 saturated carbocycles. The fourth-order valence-corrected chi connectivity index (χ4v) is 5.44. The van der Waals surface area contributed by atoms with Gasteiger partial charge >= 0.3 is 0 Å². The van der Waals surface area contributed by atoms with E-state index in [2.05, 4.69) is 0 Å². The summed E-state index contributed by atoms with van der Waals surface area (Å²) in [6.07, 6.45) is 4.52. The Labute approximate surface area is 148 Å². The lowest BCUT2D eigenvalue weighted by molar-refractivity contribution is -0.137. The summed E-state index contributed by atoms with van der Waals surface area (Å²) in [5.41, 5.74) is 0.530. The maximum Gasteiger partial charge on any atom is 0.261 e. The number of carbonyl (C=O) groups is 1. The van der Waals surface area contributed by atoms with Crippen molar-refractivity contribution in [2.24, 2.45) is 0 Å². The second-order valence-corrected chi connectivity index (χ2v) is 8.95. The van der Waals surface area contributed by atoms with Gasteiger partial charge in [0.05, 0.1) is 23.1 Å². The van der Waals surface area contributed by atoms with Gasteiger partial charge in [-0.1, -0.05) is 12.8 Å². The fourth-order valence-electron chi connectivity index (χ4n) is 3.73. The SMILES string of the molecule is N#Cc1ccc(OCC(=O)N(C2CCCC2)C2CCS(=O)(=O)C2)cc1. The first-order valence-electron chi connectivity index (χ1n) is 8.63. The Hall–Kier alpha value is -2.07. The molecule has 3 rings (SSSR count). The van der Waals surface area contributed by atoms with Crippen molar-refractivity contribution in [3.05, 3.63) is 29.8 Å². The molecule has 25 heavy (non-hydrogen) atoms. The summed E-state index contributed by atoms with van der Waals surface area (Å²) in [5, 5.41) is 8.80. The molecule has 0 bridgehead atoms. The predicted octanol–water partition coefficient (Wildman–Crippen LogP) is 1.90. The molecule has 0 spiro atoms. The number of rotatable bonds is 5. The highest BCUT2D eigenvalue weighted by Gasteiger charge is 2.39. The van der Waals surface area contributed by atoms with Crippen LogP contribution in [0.5, 0.6) is 5.75 Å². The molecule has 2 aliphatic rings. The van der Waals surface area contributed by atoms with Crippen molar-refractivity contribution in [1.29, 1.82) is 5.26 Å². The van der Waals surface area contributed by atoms with Gasteiger partial charge in [0.2, 0.25) is 0 Å². The lowest BCUT2D eigenvalue weighted by atomic mass is 10.1. The molecule has 0 aromatic heterocycles. The lowest BCUT2D eigenvalue weighted by Gasteiger charge is -2.34. The third-order valence-electron chi connectivity index (χ3n) is 4.95. The Balaban J connectivity index is 1.67. The van der Waals surface area contributed by atoms with Gasteiger partial charge in [0.15, 0.2) is 16.4 Å². The van der Waals surface area contributed by atoms with Crippen molar-refractivity contribution >= 4 is 15.7 Å². The van der Waals surface area contributed by atoms with Crippen molar-refractivity contribution in [2.45, 2.75) is 44.2 Å². The summed E-state index contributed by atoms with van der Waals surface area (Å²) in [6, 6.07) is 8.51. The molecule has 6 nitrogen and oxygen atoms in total. The Morgan fingerprint density at radius 2 is 1.84 bits per heavy atom. The summed E-state index contributed by atoms with van der Waals surface area (Å²) < 4.78 is 29.2. The minimum Gasteiger partial charge on any atom is -0.484 e. The first kappa shape index (κ1) is 17.7. The number of nitriles is 1. The Kier molecular flexibility index (Phi) is 5.28. The van der Waals surface area contributed by atoms with E-state index >= 15 is 0 Å². The van der Waals surface area contributed by atoms with Gasteiger partial charge < -0.3 is 9.64 Å². The zero-order valence-corrected chi connectivity index (χ0v) is 14.9. The van der Waals surface area contributed by atoms with Gasteiger partial charge in [-0.25, -0.2) is 8.42 Å². The Bertz CT molecular complexity index is 761. The zero-order chi connectivity index (χ0) is 17.9. The maximum absolute atomic E-state index is 12.8. The summed E-state index contributed by atoms with van der Waals surface area (Å²) in [7, 11) is -3.04. The number of ether oxygens (including phenoxy) is 1. The molecule has 0 N–H and O–H groups in total. The zero-order valence-electron chi connectivity index (χ0n) is 14.1. The van der Waals surface area contributed by atoms with Crippen LogP contribution in [0.4, 0.5) is 0 Å². The monoisotopic (exact) mass is 362 g/mol. The summed E-state index contributed by atoms with van der Waals surface area (Å²) in [5.74, 6) is 0.590. The average molecular weight is 362 g/mol. The van der Waals surface area contributed by atoms with E-state index < -0.39 is 9.84 Å². The highest BCUT2D eigenvalue weighted by molar-refractivity contribution is 7.91. The Morgan fingerprint density at radius 3 is 2.40 bits per heavy atom. The molecule has 1 saturated heterocycles. The summed E-state index contributed by atoms with van der Waals surface area (Å²) in [4.78, 5) is 14.6. The highest BCUT2D eigenvalue weighted by atomic mass is 32.2. The minimum atomic E-state index is -3.04. The smallest absolute Gasteiger partial charge is 0.261 e. The van der Waals surface area contributed by atoms with Crippen molar-refractivity contribution in [3.8, 4) is 11.8 Å². The van der Waals surface area contributed by atoms with Crippen LogP contribution >= 0.6 is 0 Å². The molecule has 1 unspecified atom stereocenters. The van der Waals surface area contributed by atoms with Gasteiger partial charge in [-0.05, 0) is 43.5 Å². The van der Waals surface area contributed by atoms with Crippen molar-refractivity contribution in [3.63, 3.8) is 0 Å². The standard InChI is InChI=1S/C18H22N2O4S/c19-11-14-5-7-17(8-6-14)24-12-18(21)20(15-3-1-2-4-15)16-9-10-25(22,23)13-16/h5-8,15-16H,1-4,9-10,12-13H2. The van der Waals surface area contributed by atoms with E-state index in [1.54, 1.807) is 29.2 Å². The molecule has 134 valence electrons. The van der Waals surface area contributed by atoms with Crippen LogP contribution in [0.3, 0.4) is 0 Å². The van der Waals surface area contributed by atoms with Crippen LogP contribution in [0.2, 0.25) is 0 Å². The average Bonchev–Trinajstić information content (AvgIpc) is 3.24. The second-order valence-electron chi connectivity index (χ2n) is 6.72. The van der Waals surface area contributed by atoms with Crippen molar-refractivity contribution < 1.29 is 17.9 Å². The van der Waals surface area contributed by atoms with Crippen LogP contribution in [0.1, 0.15) is 37.7 Å². The lowest BCUT2D eigenvalue weighted by Crippen LogP contribution is -2.48. The van der Waals surface area contributed by atoms with E-state index in [4.69, 9.17) is 10.00 Å². The predicted molar refractivity (Wildman–Crippen MR) is 92.8 cm³/mol. The van der Waals surface area contributed by atoms with Crippen LogP contribution in [-0.4, -0.2) is 49.4 Å². The summed E-state index contributed by atoms with van der Waals surface area (Å²) in [6.45, 7) is -0.112. The van der Waals surface area contributed by atoms with Gasteiger partial charge in [0.25, 0.3) is 5.91 Å². The van der Waals surface area contributed by atoms with E-state index in [0.29, 0.717) is 17.7 Å². The normalized spacial score (nSPS) is 22.4. The van der Waals surface area contributed by atoms with Crippen LogP contribution in [0.15, 0.2) is 24.3 Å². The minimum absolute atomic E-state index is 0.0616. The van der Waals surface area contributed by atoms with Crippen LogP contribution < -0.4 is 4.74 Å². The molecule has 0 radical (unpaired) electrons. The molecule has 1 aromatic carbocycles. The van der Waals surface area contributed by atoms with E-state index in [1.165, 1.54) is 0 Å². The third kappa shape index (κ3) is 4.31. The second kappa shape index (κ2) is 7.44. The van der Waals surface area contributed by atoms with Gasteiger partial charge in [0.1, 0.15) is 5.75 Å². The molecule has 1 aliphatic carbocycles. The van der Waals surface area contributed by atoms with E-state index in [1.807, 2.05) is 6.07 Å². The van der Waals surface area contributed by atoms with E-state index in [-0.39, 0.29) is 36.1 Å². The largest absolute Gasteiger partial charge is 0.484 e. The maximum atomic E-state index is 12.8. The summed E-state index contributed by atoms with van der Waals surface area (Å²) >= 11 is 0. The fraction of sp³-hybridized carbons (Fsp3) is 0.556. The molecule has 1 heterocycles. The third-order valence-corrected chi connectivity index (χ3v) is 6.70. The van der Waals surface area contributed by atoms with Crippen LogP contribution in [0.25, 0.3) is 0 Å². The number of hydrogen-bond acceptors (Lipinski definition) is 5. The molecule has 1 atom stereocenters. The molecule has 1 aromatic rings. The molecule has 1 amide bonds. The Morgan fingerprint density at radius 1 is 1.16 bits per heavy atom. The molecular formula is C18H22N2O4S. The van der Waals surface area contributed by atoms with E-state index in [0.717, 1.165) is 25.7 Å². The number of hydrogen-bond donors (Lipinski definition) is 0. The highest BCUT2D eigenvalue weighted by Crippen LogP contribution is 2.29. The number of amides is 1. The van der Waals surface area contributed by atoms with Gasteiger partial charge in [0, 0.05) is 12.1 Å². The molecule has 1 aliphatic heterocycles. The first-order chi connectivity index (χ1) is 12.0. The van der Waals surface area contributed by atoms with Gasteiger partial charge in [-0.2, -0.15) is 5.26 Å². The van der Waals surface area contributed by atoms with Crippen LogP contribution in [-0.2, 0) is 14.6 Å². The van der Waals surface area contributed by atoms with Crippen LogP contribution in [0, 0.1) is 11.3 Å². The number of nitrogens with zero attached hydrogens (tertiary/aromatic N) is 2. The molecular weight excluding hydrogens is 340 g/mol. The van der Waals surface area contributed by atoms with Gasteiger partial charge in [-0.15, -0.1) is 0 Å². The molecule has 2 fully saturated rings. The van der Waals surface area contributed by atoms with E-state index in [9.17, 15) is 13.2 Å². The number of carbonyl (C=O) groups excluding carboxylic acids is 1. The van der Waals surface area contributed by atoms with Crippen molar-refractivity contribution in [1.82, 2.24) is 4.90 Å². The quantitative estimate of drug-likeness (QED) is 0.798. The number of benzene rings is 1. The van der Waals surface area contributed by atoms with Crippen molar-refractivity contribution in [2.75, 3.05) is 18.1 Å². The molecule has 7 heteroatoms.